The number of aliphatic hydroxyl groups excluding tert-OH is 1. The number of ketones is 1. The average molecular weight is 637 g/mol. The number of para-hydroxylation sites is 1. The first-order chi connectivity index (χ1) is 15.1. The molecule has 1 radical (unpaired) electrons. The molecule has 1 heterocycles. The molecule has 1 N–H and O–H groups in total. The van der Waals surface area contributed by atoms with Gasteiger partial charge >= 0.3 is 0 Å². The predicted molar refractivity (Wildman–Crippen MR) is 140 cm³/mol. The smallest absolute Gasteiger partial charge is 0.164 e. The van der Waals surface area contributed by atoms with E-state index in [2.05, 4.69) is 64.1 Å². The van der Waals surface area contributed by atoms with Gasteiger partial charge < -0.3 is 5.11 Å². The van der Waals surface area contributed by atoms with E-state index in [-0.39, 0.29) is 37.1 Å². The first-order valence-corrected chi connectivity index (χ1v) is 11.4. The number of aryl methyl sites for hydroxylation is 3. The molecule has 1 aromatic heterocycles. The van der Waals surface area contributed by atoms with Gasteiger partial charge in [0, 0.05) is 42.4 Å². The second-order valence-electron chi connectivity index (χ2n) is 10.9. The van der Waals surface area contributed by atoms with Crippen molar-refractivity contribution in [2.45, 2.75) is 69.2 Å². The third-order valence-corrected chi connectivity index (χ3v) is 5.81. The van der Waals surface area contributed by atoms with E-state index in [1.165, 1.54) is 33.7 Å². The molecule has 185 valence electrons. The molecule has 3 aromatic rings. The number of carbonyl (C=O) groups is 1. The molecule has 0 spiro atoms. The Kier molecular flexibility index (Phi) is 9.99. The van der Waals surface area contributed by atoms with Gasteiger partial charge in [0.1, 0.15) is 5.76 Å². The van der Waals surface area contributed by atoms with Gasteiger partial charge in [-0.05, 0) is 24.2 Å². The molecule has 0 atom stereocenters. The van der Waals surface area contributed by atoms with E-state index in [0.717, 1.165) is 16.8 Å². The summed E-state index contributed by atoms with van der Waals surface area (Å²) in [5, 5.41) is 10.8. The van der Waals surface area contributed by atoms with Gasteiger partial charge in [0.25, 0.3) is 0 Å². The van der Waals surface area contributed by atoms with Crippen LogP contribution in [0.15, 0.2) is 48.2 Å². The second kappa shape index (κ2) is 11.4. The molecule has 0 aliphatic rings. The number of fused-ring (bicyclic) bond motifs is 1. The molecule has 0 aliphatic heterocycles. The Bertz CT molecular complexity index is 1170. The standard InChI is InChI=1S/C19H18N.C11H20O2.Ir/c1-12-9-16(10-13(2)15(12)4)19-11-14(3)17-7-5-6-8-18(17)20-19;1-10(2,3)8(12)7-9(13)11(4,5)6;/h5-9,11H,1-4H3;7,12H,1-6H3;/q-1;;/b;8-7-;. The summed E-state index contributed by atoms with van der Waals surface area (Å²) in [4.78, 5) is 16.3. The monoisotopic (exact) mass is 637 g/mol. The SMILES string of the molecule is CC(C)(C)C(=O)/C=C(\O)C(C)(C)C.Cc1[c-]c(-c2cc(C)c3ccccc3n2)cc(C)c1C.[Ir]. The Morgan fingerprint density at radius 3 is 2.03 bits per heavy atom. The Morgan fingerprint density at radius 1 is 0.912 bits per heavy atom. The topological polar surface area (TPSA) is 50.2 Å². The van der Waals surface area contributed by atoms with Crippen LogP contribution in [0.4, 0.5) is 0 Å². The number of hydrogen-bond donors (Lipinski definition) is 1. The second-order valence-corrected chi connectivity index (χ2v) is 10.9. The Hall–Kier alpha value is -2.29. The van der Waals surface area contributed by atoms with Crippen LogP contribution in [0, 0.1) is 44.6 Å². The summed E-state index contributed by atoms with van der Waals surface area (Å²) in [5.74, 6) is 0.104. The number of aliphatic hydroxyl groups is 1. The fourth-order valence-electron chi connectivity index (χ4n) is 3.13. The van der Waals surface area contributed by atoms with Crippen LogP contribution in [0.2, 0.25) is 0 Å². The quantitative estimate of drug-likeness (QED) is 0.176. The van der Waals surface area contributed by atoms with E-state index in [1.54, 1.807) is 0 Å². The summed E-state index contributed by atoms with van der Waals surface area (Å²) in [6.45, 7) is 19.7. The number of hydrogen-bond acceptors (Lipinski definition) is 3. The van der Waals surface area contributed by atoms with Crippen LogP contribution in [0.3, 0.4) is 0 Å². The third kappa shape index (κ3) is 7.61. The van der Waals surface area contributed by atoms with Crippen LogP contribution in [0.5, 0.6) is 0 Å². The number of aromatic nitrogens is 1. The van der Waals surface area contributed by atoms with Crippen molar-refractivity contribution in [3.05, 3.63) is 76.6 Å². The summed E-state index contributed by atoms with van der Waals surface area (Å²) in [5.41, 5.74) is 7.44. The molecule has 4 heteroatoms. The van der Waals surface area contributed by atoms with E-state index in [1.807, 2.05) is 47.6 Å². The van der Waals surface area contributed by atoms with Crippen LogP contribution in [-0.4, -0.2) is 15.9 Å². The zero-order valence-corrected chi connectivity index (χ0v) is 24.6. The van der Waals surface area contributed by atoms with Gasteiger partial charge in [-0.2, -0.15) is 0 Å². The molecular formula is C30H38IrNO2-. The third-order valence-electron chi connectivity index (χ3n) is 5.81. The summed E-state index contributed by atoms with van der Waals surface area (Å²) in [7, 11) is 0. The van der Waals surface area contributed by atoms with Gasteiger partial charge in [0.2, 0.25) is 0 Å². The zero-order valence-electron chi connectivity index (χ0n) is 22.2. The minimum absolute atomic E-state index is 0. The van der Waals surface area contributed by atoms with Crippen molar-refractivity contribution in [1.82, 2.24) is 4.98 Å². The molecular weight excluding hydrogens is 599 g/mol. The first-order valence-electron chi connectivity index (χ1n) is 11.4. The Balaban J connectivity index is 0.000000364. The molecule has 0 amide bonds. The van der Waals surface area contributed by atoms with E-state index >= 15 is 0 Å². The van der Waals surface area contributed by atoms with Crippen LogP contribution in [0.25, 0.3) is 22.2 Å². The molecule has 0 unspecified atom stereocenters. The molecule has 0 bridgehead atoms. The average Bonchev–Trinajstić information content (AvgIpc) is 2.70. The van der Waals surface area contributed by atoms with Gasteiger partial charge in [-0.15, -0.1) is 34.4 Å². The molecule has 34 heavy (non-hydrogen) atoms. The maximum atomic E-state index is 11.5. The normalized spacial score (nSPS) is 12.0. The molecule has 0 aliphatic carbocycles. The summed E-state index contributed by atoms with van der Waals surface area (Å²) in [6.07, 6.45) is 1.33. The summed E-state index contributed by atoms with van der Waals surface area (Å²) < 4.78 is 0. The molecule has 3 rings (SSSR count). The van der Waals surface area contributed by atoms with Crippen molar-refractivity contribution in [3.63, 3.8) is 0 Å². The maximum Gasteiger partial charge on any atom is 0.164 e. The first kappa shape index (κ1) is 29.7. The molecule has 0 saturated heterocycles. The van der Waals surface area contributed by atoms with E-state index < -0.39 is 5.41 Å². The number of allylic oxidation sites excluding steroid dienone is 2. The van der Waals surface area contributed by atoms with E-state index in [4.69, 9.17) is 4.98 Å². The maximum absolute atomic E-state index is 11.5. The minimum Gasteiger partial charge on any atom is -0.512 e. The van der Waals surface area contributed by atoms with Crippen LogP contribution < -0.4 is 0 Å². The van der Waals surface area contributed by atoms with Gasteiger partial charge in [-0.25, -0.2) is 0 Å². The number of rotatable bonds is 2. The van der Waals surface area contributed by atoms with Crippen molar-refractivity contribution in [2.24, 2.45) is 10.8 Å². The fraction of sp³-hybridized carbons (Fsp3) is 0.400. The van der Waals surface area contributed by atoms with Crippen molar-refractivity contribution >= 4 is 16.7 Å². The Morgan fingerprint density at radius 2 is 1.50 bits per heavy atom. The van der Waals surface area contributed by atoms with E-state index in [9.17, 15) is 9.90 Å². The van der Waals surface area contributed by atoms with Gasteiger partial charge in [-0.3, -0.25) is 9.78 Å². The van der Waals surface area contributed by atoms with Crippen molar-refractivity contribution in [2.75, 3.05) is 0 Å². The fourth-order valence-corrected chi connectivity index (χ4v) is 3.13. The number of pyridine rings is 1. The summed E-state index contributed by atoms with van der Waals surface area (Å²) in [6, 6.07) is 16.1. The van der Waals surface area contributed by atoms with Crippen molar-refractivity contribution in [3.8, 4) is 11.3 Å². The van der Waals surface area contributed by atoms with Gasteiger partial charge in [0.05, 0.1) is 5.52 Å². The Labute approximate surface area is 219 Å². The number of benzene rings is 2. The van der Waals surface area contributed by atoms with Gasteiger partial charge in [0.15, 0.2) is 5.78 Å². The molecule has 0 saturated carbocycles. The number of nitrogens with zero attached hydrogens (tertiary/aromatic N) is 1. The molecule has 2 aromatic carbocycles. The summed E-state index contributed by atoms with van der Waals surface area (Å²) >= 11 is 0. The zero-order chi connectivity index (χ0) is 25.1. The number of carbonyl (C=O) groups excluding carboxylic acids is 1. The molecule has 3 nitrogen and oxygen atoms in total. The van der Waals surface area contributed by atoms with Crippen LogP contribution in [-0.2, 0) is 24.9 Å². The van der Waals surface area contributed by atoms with Crippen molar-refractivity contribution < 1.29 is 30.0 Å². The van der Waals surface area contributed by atoms with Crippen LogP contribution in [0.1, 0.15) is 63.8 Å². The predicted octanol–water partition coefficient (Wildman–Crippen LogP) is 8.02. The van der Waals surface area contributed by atoms with Crippen LogP contribution >= 0.6 is 0 Å². The van der Waals surface area contributed by atoms with E-state index in [0.29, 0.717) is 0 Å². The minimum atomic E-state index is -0.417. The largest absolute Gasteiger partial charge is 0.512 e. The van der Waals surface area contributed by atoms with Crippen molar-refractivity contribution in [1.29, 1.82) is 0 Å². The van der Waals surface area contributed by atoms with Gasteiger partial charge in [-0.1, -0.05) is 86.6 Å². The molecule has 0 fully saturated rings.